The molecule has 1 aliphatic rings. The molecule has 0 amide bonds. The number of pyridine rings is 1. The van der Waals surface area contributed by atoms with E-state index < -0.39 is 0 Å². The fourth-order valence-electron chi connectivity index (χ4n) is 4.03. The van der Waals surface area contributed by atoms with E-state index in [1.807, 2.05) is 66.7 Å². The minimum atomic E-state index is -0.119. The zero-order valence-corrected chi connectivity index (χ0v) is 16.2. The molecule has 0 radical (unpaired) electrons. The lowest BCUT2D eigenvalue weighted by molar-refractivity contribution is 0.439. The van der Waals surface area contributed by atoms with Crippen molar-refractivity contribution in [2.24, 2.45) is 0 Å². The Bertz CT molecular complexity index is 1190. The van der Waals surface area contributed by atoms with Gasteiger partial charge in [0.25, 0.3) is 0 Å². The standard InChI is InChI=1S/C23H23N5O/c29-23-27(16-19-13-12-17-7-4-5-11-21(17)25-19)26-22(18-8-6-14-24-15-18)28(23)20-9-2-1-3-10-20/h1-5,7,9-13,18,24H,6,8,14-16H2/t18-/m0/s1. The molecule has 2 aromatic carbocycles. The summed E-state index contributed by atoms with van der Waals surface area (Å²) in [6, 6.07) is 21.8. The highest BCUT2D eigenvalue weighted by Crippen LogP contribution is 2.23. The van der Waals surface area contributed by atoms with Crippen molar-refractivity contribution in [2.75, 3.05) is 13.1 Å². The Hall–Kier alpha value is -3.25. The van der Waals surface area contributed by atoms with Crippen LogP contribution in [0.4, 0.5) is 0 Å². The highest BCUT2D eigenvalue weighted by atomic mass is 16.2. The van der Waals surface area contributed by atoms with Crippen molar-refractivity contribution in [3.05, 3.63) is 88.7 Å². The number of aromatic nitrogens is 4. The molecule has 146 valence electrons. The average Bonchev–Trinajstić information content (AvgIpc) is 3.11. The average molecular weight is 385 g/mol. The maximum atomic E-state index is 13.3. The summed E-state index contributed by atoms with van der Waals surface area (Å²) >= 11 is 0. The molecule has 4 aromatic rings. The number of nitrogens with one attached hydrogen (secondary N) is 1. The molecular weight excluding hydrogens is 362 g/mol. The predicted molar refractivity (Wildman–Crippen MR) is 114 cm³/mol. The summed E-state index contributed by atoms with van der Waals surface area (Å²) in [5, 5.41) is 9.30. The van der Waals surface area contributed by atoms with Crippen LogP contribution in [0.15, 0.2) is 71.5 Å². The van der Waals surface area contributed by atoms with E-state index in [1.54, 1.807) is 9.25 Å². The molecule has 6 nitrogen and oxygen atoms in total. The van der Waals surface area contributed by atoms with Crippen LogP contribution in [0.3, 0.4) is 0 Å². The molecule has 0 unspecified atom stereocenters. The molecule has 3 heterocycles. The number of fused-ring (bicyclic) bond motifs is 1. The maximum absolute atomic E-state index is 13.3. The first-order chi connectivity index (χ1) is 14.3. The third-order valence-electron chi connectivity index (χ3n) is 5.51. The summed E-state index contributed by atoms with van der Waals surface area (Å²) in [5.41, 5.74) is 2.50. The molecule has 29 heavy (non-hydrogen) atoms. The Morgan fingerprint density at radius 2 is 1.83 bits per heavy atom. The van der Waals surface area contributed by atoms with Gasteiger partial charge in [-0.05, 0) is 43.7 Å². The van der Waals surface area contributed by atoms with E-state index in [9.17, 15) is 4.79 Å². The second-order valence-corrected chi connectivity index (χ2v) is 7.51. The van der Waals surface area contributed by atoms with Gasteiger partial charge in [-0.1, -0.05) is 42.5 Å². The van der Waals surface area contributed by atoms with Crippen LogP contribution in [0, 0.1) is 0 Å². The molecule has 1 saturated heterocycles. The summed E-state index contributed by atoms with van der Waals surface area (Å²) in [6.07, 6.45) is 2.12. The van der Waals surface area contributed by atoms with Crippen LogP contribution in [0.1, 0.15) is 30.3 Å². The van der Waals surface area contributed by atoms with Gasteiger partial charge in [0.2, 0.25) is 0 Å². The second kappa shape index (κ2) is 7.64. The van der Waals surface area contributed by atoms with Crippen molar-refractivity contribution in [3.63, 3.8) is 0 Å². The number of nitrogens with zero attached hydrogens (tertiary/aromatic N) is 4. The first-order valence-electron chi connectivity index (χ1n) is 10.1. The van der Waals surface area contributed by atoms with E-state index >= 15 is 0 Å². The van der Waals surface area contributed by atoms with Gasteiger partial charge in [0, 0.05) is 17.8 Å². The van der Waals surface area contributed by atoms with Crippen LogP contribution in [0.5, 0.6) is 0 Å². The van der Waals surface area contributed by atoms with Crippen molar-refractivity contribution < 1.29 is 0 Å². The van der Waals surface area contributed by atoms with Crippen LogP contribution < -0.4 is 11.0 Å². The van der Waals surface area contributed by atoms with Gasteiger partial charge in [0.05, 0.1) is 23.4 Å². The highest BCUT2D eigenvalue weighted by molar-refractivity contribution is 5.78. The van der Waals surface area contributed by atoms with E-state index in [-0.39, 0.29) is 11.6 Å². The van der Waals surface area contributed by atoms with Gasteiger partial charge < -0.3 is 5.32 Å². The molecule has 0 bridgehead atoms. The van der Waals surface area contributed by atoms with Gasteiger partial charge in [0.1, 0.15) is 5.82 Å². The summed E-state index contributed by atoms with van der Waals surface area (Å²) in [4.78, 5) is 18.0. The summed E-state index contributed by atoms with van der Waals surface area (Å²) in [7, 11) is 0. The van der Waals surface area contributed by atoms with Crippen LogP contribution in [-0.4, -0.2) is 32.4 Å². The van der Waals surface area contributed by atoms with Crippen molar-refractivity contribution in [1.29, 1.82) is 0 Å². The molecule has 0 saturated carbocycles. The third-order valence-corrected chi connectivity index (χ3v) is 5.51. The topological polar surface area (TPSA) is 64.7 Å². The number of hydrogen-bond acceptors (Lipinski definition) is 4. The number of benzene rings is 2. The molecule has 1 fully saturated rings. The quantitative estimate of drug-likeness (QED) is 0.586. The van der Waals surface area contributed by atoms with Gasteiger partial charge in [-0.2, -0.15) is 5.10 Å². The number of hydrogen-bond donors (Lipinski definition) is 1. The van der Waals surface area contributed by atoms with Gasteiger partial charge in [-0.25, -0.2) is 14.0 Å². The van der Waals surface area contributed by atoms with E-state index in [4.69, 9.17) is 10.1 Å². The Labute approximate surface area is 168 Å². The van der Waals surface area contributed by atoms with Crippen molar-refractivity contribution in [2.45, 2.75) is 25.3 Å². The van der Waals surface area contributed by atoms with Gasteiger partial charge in [0.15, 0.2) is 0 Å². The number of rotatable bonds is 4. The fourth-order valence-corrected chi connectivity index (χ4v) is 4.03. The van der Waals surface area contributed by atoms with Gasteiger partial charge in [-0.3, -0.25) is 4.98 Å². The molecule has 1 atom stereocenters. The van der Waals surface area contributed by atoms with Crippen molar-refractivity contribution >= 4 is 10.9 Å². The Morgan fingerprint density at radius 1 is 1.00 bits per heavy atom. The summed E-state index contributed by atoms with van der Waals surface area (Å²) in [6.45, 7) is 2.22. The molecular formula is C23H23N5O. The molecule has 1 N–H and O–H groups in total. The minimum absolute atomic E-state index is 0.119. The molecule has 1 aliphatic heterocycles. The number of piperidine rings is 1. The zero-order valence-electron chi connectivity index (χ0n) is 16.2. The van der Waals surface area contributed by atoms with E-state index in [0.717, 1.165) is 54.0 Å². The number of para-hydroxylation sites is 2. The van der Waals surface area contributed by atoms with Gasteiger partial charge >= 0.3 is 5.69 Å². The van der Waals surface area contributed by atoms with E-state index in [0.29, 0.717) is 6.54 Å². The Balaban J connectivity index is 1.57. The second-order valence-electron chi connectivity index (χ2n) is 7.51. The van der Waals surface area contributed by atoms with Crippen LogP contribution >= 0.6 is 0 Å². The SMILES string of the molecule is O=c1n(Cc2ccc3ccccc3n2)nc([C@H]2CCCNC2)n1-c1ccccc1. The van der Waals surface area contributed by atoms with Crippen LogP contribution in [0.2, 0.25) is 0 Å². The zero-order chi connectivity index (χ0) is 19.6. The third kappa shape index (κ3) is 3.47. The van der Waals surface area contributed by atoms with Crippen molar-refractivity contribution in [1.82, 2.24) is 24.6 Å². The molecule has 5 rings (SSSR count). The first-order valence-corrected chi connectivity index (χ1v) is 10.1. The van der Waals surface area contributed by atoms with Crippen LogP contribution in [-0.2, 0) is 6.54 Å². The minimum Gasteiger partial charge on any atom is -0.316 e. The Morgan fingerprint density at radius 3 is 2.66 bits per heavy atom. The molecule has 0 spiro atoms. The first kappa shape index (κ1) is 17.8. The van der Waals surface area contributed by atoms with Crippen molar-refractivity contribution in [3.8, 4) is 5.69 Å². The van der Waals surface area contributed by atoms with Gasteiger partial charge in [-0.15, -0.1) is 0 Å². The lowest BCUT2D eigenvalue weighted by Crippen LogP contribution is -2.31. The van der Waals surface area contributed by atoms with E-state index in [1.165, 1.54) is 0 Å². The largest absolute Gasteiger partial charge is 0.350 e. The van der Waals surface area contributed by atoms with E-state index in [2.05, 4.69) is 5.32 Å². The smallest absolute Gasteiger partial charge is 0.316 e. The Kier molecular flexibility index (Phi) is 4.69. The maximum Gasteiger partial charge on any atom is 0.350 e. The van der Waals surface area contributed by atoms with Crippen LogP contribution in [0.25, 0.3) is 16.6 Å². The monoisotopic (exact) mass is 385 g/mol. The summed E-state index contributed by atoms with van der Waals surface area (Å²) in [5.74, 6) is 1.05. The molecule has 2 aromatic heterocycles. The molecule has 6 heteroatoms. The predicted octanol–water partition coefficient (Wildman–Crippen LogP) is 3.10. The normalized spacial score (nSPS) is 16.9. The highest BCUT2D eigenvalue weighted by Gasteiger charge is 2.25. The lowest BCUT2D eigenvalue weighted by atomic mass is 9.99. The fraction of sp³-hybridized carbons (Fsp3) is 0.261. The lowest BCUT2D eigenvalue weighted by Gasteiger charge is -2.22. The molecule has 0 aliphatic carbocycles. The summed E-state index contributed by atoms with van der Waals surface area (Å²) < 4.78 is 3.31.